The molecule has 0 aromatic heterocycles. The Labute approximate surface area is 82.2 Å². The fourth-order valence-electron chi connectivity index (χ4n) is 0.916. The summed E-state index contributed by atoms with van der Waals surface area (Å²) in [5.74, 6) is 4.92. The van der Waals surface area contributed by atoms with E-state index in [0.29, 0.717) is 24.1 Å². The van der Waals surface area contributed by atoms with E-state index >= 15 is 0 Å². The van der Waals surface area contributed by atoms with E-state index in [1.165, 1.54) is 18.2 Å². The minimum atomic E-state index is -0.464. The van der Waals surface area contributed by atoms with Gasteiger partial charge < -0.3 is 5.73 Å². The van der Waals surface area contributed by atoms with E-state index in [0.717, 1.165) is 0 Å². The molecule has 0 aliphatic rings. The van der Waals surface area contributed by atoms with Crippen molar-refractivity contribution >= 4 is 0 Å². The topological polar surface area (TPSA) is 49.8 Å². The average Bonchev–Trinajstić information content (AvgIpc) is 2.20. The van der Waals surface area contributed by atoms with Gasteiger partial charge in [0.2, 0.25) is 0 Å². The zero-order valence-electron chi connectivity index (χ0n) is 7.55. The first-order chi connectivity index (χ1) is 6.77. The molecule has 70 valence electrons. The highest BCUT2D eigenvalue weighted by atomic mass is 19.1. The third-order valence-electron chi connectivity index (χ3n) is 1.59. The van der Waals surface area contributed by atoms with Crippen molar-refractivity contribution in [3.63, 3.8) is 0 Å². The van der Waals surface area contributed by atoms with Gasteiger partial charge in [0.1, 0.15) is 5.82 Å². The lowest BCUT2D eigenvalue weighted by atomic mass is 10.1. The monoisotopic (exact) mass is 188 g/mol. The Hall–Kier alpha value is -1.84. The second-order valence-corrected chi connectivity index (χ2v) is 2.65. The van der Waals surface area contributed by atoms with Crippen LogP contribution in [0, 0.1) is 29.0 Å². The second-order valence-electron chi connectivity index (χ2n) is 2.65. The highest BCUT2D eigenvalue weighted by Crippen LogP contribution is 2.08. The van der Waals surface area contributed by atoms with Gasteiger partial charge in [-0.2, -0.15) is 5.26 Å². The standard InChI is InChI=1S/C11H9FN2/c12-11-7-9(8-14)4-5-10(11)3-1-2-6-13/h4-5,7H,2,6,13H2. The van der Waals surface area contributed by atoms with Crippen LogP contribution in [0.5, 0.6) is 0 Å². The predicted octanol–water partition coefficient (Wildman–Crippen LogP) is 1.40. The summed E-state index contributed by atoms with van der Waals surface area (Å²) in [7, 11) is 0. The summed E-state index contributed by atoms with van der Waals surface area (Å²) in [6.07, 6.45) is 0.541. The Morgan fingerprint density at radius 1 is 1.43 bits per heavy atom. The molecule has 2 N–H and O–H groups in total. The molecular formula is C11H9FN2. The Morgan fingerprint density at radius 2 is 2.21 bits per heavy atom. The molecule has 0 aliphatic heterocycles. The fourth-order valence-corrected chi connectivity index (χ4v) is 0.916. The second kappa shape index (κ2) is 5.01. The molecule has 0 bridgehead atoms. The number of halogens is 1. The van der Waals surface area contributed by atoms with Crippen LogP contribution >= 0.6 is 0 Å². The quantitative estimate of drug-likeness (QED) is 0.677. The molecule has 0 radical (unpaired) electrons. The molecule has 0 saturated heterocycles. The molecule has 0 aliphatic carbocycles. The number of hydrogen-bond acceptors (Lipinski definition) is 2. The van der Waals surface area contributed by atoms with Crippen LogP contribution in [0.1, 0.15) is 17.5 Å². The molecule has 0 heterocycles. The van der Waals surface area contributed by atoms with Crippen molar-refractivity contribution in [2.45, 2.75) is 6.42 Å². The lowest BCUT2D eigenvalue weighted by molar-refractivity contribution is 0.624. The molecule has 14 heavy (non-hydrogen) atoms. The highest BCUT2D eigenvalue weighted by Gasteiger charge is 1.99. The highest BCUT2D eigenvalue weighted by molar-refractivity contribution is 5.41. The van der Waals surface area contributed by atoms with Crippen molar-refractivity contribution in [1.29, 1.82) is 5.26 Å². The average molecular weight is 188 g/mol. The van der Waals surface area contributed by atoms with E-state index in [1.54, 1.807) is 0 Å². The maximum Gasteiger partial charge on any atom is 0.140 e. The van der Waals surface area contributed by atoms with Crippen LogP contribution in [0.25, 0.3) is 0 Å². The number of rotatable bonds is 1. The number of nitriles is 1. The van der Waals surface area contributed by atoms with Gasteiger partial charge in [-0.25, -0.2) is 4.39 Å². The first-order valence-electron chi connectivity index (χ1n) is 4.16. The summed E-state index contributed by atoms with van der Waals surface area (Å²) in [6.45, 7) is 0.463. The molecule has 3 heteroatoms. The van der Waals surface area contributed by atoms with Crippen LogP contribution in [-0.4, -0.2) is 6.54 Å². The van der Waals surface area contributed by atoms with Crippen molar-refractivity contribution in [1.82, 2.24) is 0 Å². The van der Waals surface area contributed by atoms with E-state index in [4.69, 9.17) is 11.0 Å². The number of nitrogens with zero attached hydrogens (tertiary/aromatic N) is 1. The van der Waals surface area contributed by atoms with Gasteiger partial charge in [-0.15, -0.1) is 0 Å². The van der Waals surface area contributed by atoms with Gasteiger partial charge in [0.15, 0.2) is 0 Å². The first-order valence-corrected chi connectivity index (χ1v) is 4.16. The van der Waals surface area contributed by atoms with Gasteiger partial charge in [0.25, 0.3) is 0 Å². The number of nitrogens with two attached hydrogens (primary N) is 1. The van der Waals surface area contributed by atoms with Gasteiger partial charge >= 0.3 is 0 Å². The largest absolute Gasteiger partial charge is 0.330 e. The van der Waals surface area contributed by atoms with Crippen LogP contribution in [-0.2, 0) is 0 Å². The van der Waals surface area contributed by atoms with Gasteiger partial charge in [-0.3, -0.25) is 0 Å². The van der Waals surface area contributed by atoms with Gasteiger partial charge in [-0.1, -0.05) is 11.8 Å². The minimum absolute atomic E-state index is 0.298. The Bertz CT molecular complexity index is 421. The summed E-state index contributed by atoms with van der Waals surface area (Å²) >= 11 is 0. The van der Waals surface area contributed by atoms with E-state index in [9.17, 15) is 4.39 Å². The van der Waals surface area contributed by atoms with Crippen LogP contribution in [0.15, 0.2) is 18.2 Å². The minimum Gasteiger partial charge on any atom is -0.330 e. The van der Waals surface area contributed by atoms with Crippen LogP contribution in [0.3, 0.4) is 0 Å². The normalized spacial score (nSPS) is 8.64. The number of benzene rings is 1. The Morgan fingerprint density at radius 3 is 2.79 bits per heavy atom. The van der Waals surface area contributed by atoms with E-state index in [1.807, 2.05) is 6.07 Å². The summed E-state index contributed by atoms with van der Waals surface area (Å²) in [5.41, 5.74) is 5.84. The van der Waals surface area contributed by atoms with E-state index < -0.39 is 5.82 Å². The maximum absolute atomic E-state index is 13.2. The SMILES string of the molecule is N#Cc1ccc(C#CCCN)c(F)c1. The van der Waals surface area contributed by atoms with Crippen LogP contribution < -0.4 is 5.73 Å². The summed E-state index contributed by atoms with van der Waals surface area (Å²) in [4.78, 5) is 0. The molecule has 0 fully saturated rings. The van der Waals surface area contributed by atoms with Crippen molar-refractivity contribution in [3.05, 3.63) is 35.1 Å². The molecule has 1 rings (SSSR count). The van der Waals surface area contributed by atoms with Gasteiger partial charge in [0.05, 0.1) is 17.2 Å². The van der Waals surface area contributed by atoms with Gasteiger partial charge in [0, 0.05) is 13.0 Å². The summed E-state index contributed by atoms with van der Waals surface area (Å²) < 4.78 is 13.2. The van der Waals surface area contributed by atoms with E-state index in [2.05, 4.69) is 11.8 Å². The van der Waals surface area contributed by atoms with Crippen molar-refractivity contribution in [2.24, 2.45) is 5.73 Å². The number of hydrogen-bond donors (Lipinski definition) is 1. The molecule has 0 amide bonds. The summed E-state index contributed by atoms with van der Waals surface area (Å²) in [5, 5.41) is 8.50. The Balaban J connectivity index is 2.92. The molecule has 1 aromatic carbocycles. The van der Waals surface area contributed by atoms with Crippen molar-refractivity contribution < 1.29 is 4.39 Å². The van der Waals surface area contributed by atoms with Crippen LogP contribution in [0.2, 0.25) is 0 Å². The van der Waals surface area contributed by atoms with Gasteiger partial charge in [-0.05, 0) is 18.2 Å². The lowest BCUT2D eigenvalue weighted by Gasteiger charge is -1.93. The smallest absolute Gasteiger partial charge is 0.140 e. The molecule has 0 saturated carbocycles. The molecule has 2 nitrogen and oxygen atoms in total. The molecule has 0 spiro atoms. The van der Waals surface area contributed by atoms with Crippen molar-refractivity contribution in [3.8, 4) is 17.9 Å². The van der Waals surface area contributed by atoms with Crippen molar-refractivity contribution in [2.75, 3.05) is 6.54 Å². The first kappa shape index (κ1) is 10.2. The molecular weight excluding hydrogens is 179 g/mol. The third kappa shape index (κ3) is 2.58. The lowest BCUT2D eigenvalue weighted by Crippen LogP contribution is -1.95. The zero-order chi connectivity index (χ0) is 10.4. The zero-order valence-corrected chi connectivity index (χ0v) is 7.55. The van der Waals surface area contributed by atoms with E-state index in [-0.39, 0.29) is 0 Å². The fraction of sp³-hybridized carbons (Fsp3) is 0.182. The maximum atomic E-state index is 13.2. The molecule has 0 unspecified atom stereocenters. The molecule has 0 atom stereocenters. The third-order valence-corrected chi connectivity index (χ3v) is 1.59. The predicted molar refractivity (Wildman–Crippen MR) is 51.7 cm³/mol. The molecule has 1 aromatic rings. The Kier molecular flexibility index (Phi) is 3.67. The van der Waals surface area contributed by atoms with Crippen LogP contribution in [0.4, 0.5) is 4.39 Å². The summed E-state index contributed by atoms with van der Waals surface area (Å²) in [6, 6.07) is 6.06.